The van der Waals surface area contributed by atoms with Crippen LogP contribution in [0.4, 0.5) is 10.5 Å². The molecule has 0 bridgehead atoms. The van der Waals surface area contributed by atoms with E-state index in [0.717, 1.165) is 44.9 Å². The molecule has 0 spiro atoms. The van der Waals surface area contributed by atoms with Gasteiger partial charge in [-0.1, -0.05) is 11.6 Å². The number of fused-ring (bicyclic) bond motifs is 1. The van der Waals surface area contributed by atoms with E-state index in [9.17, 15) is 18.0 Å². The summed E-state index contributed by atoms with van der Waals surface area (Å²) in [5.41, 5.74) is 0.694. The number of hydrogen-bond acceptors (Lipinski definition) is 4. The van der Waals surface area contributed by atoms with Crippen LogP contribution in [0.2, 0.25) is 5.02 Å². The molecule has 34 heavy (non-hydrogen) atoms. The van der Waals surface area contributed by atoms with Crippen molar-refractivity contribution in [3.05, 3.63) is 29.3 Å². The van der Waals surface area contributed by atoms with Gasteiger partial charge in [0.1, 0.15) is 9.84 Å². The lowest BCUT2D eigenvalue weighted by Crippen LogP contribution is -2.67. The number of nitrogens with one attached hydrogen (secondary N) is 1. The van der Waals surface area contributed by atoms with Crippen LogP contribution in [0, 0.1) is 11.8 Å². The van der Waals surface area contributed by atoms with E-state index in [1.54, 1.807) is 31.2 Å². The summed E-state index contributed by atoms with van der Waals surface area (Å²) in [7, 11) is -2.99. The molecule has 0 aromatic heterocycles. The molecule has 3 fully saturated rings. The molecular formula is C25H36ClN3O4S. The third-order valence-corrected chi connectivity index (χ3v) is 10.2. The zero-order valence-corrected chi connectivity index (χ0v) is 21.8. The van der Waals surface area contributed by atoms with E-state index in [2.05, 4.69) is 5.32 Å². The average Bonchev–Trinajstić information content (AvgIpc) is 2.79. The predicted octanol–water partition coefficient (Wildman–Crippen LogP) is 4.57. The van der Waals surface area contributed by atoms with Crippen LogP contribution in [-0.4, -0.2) is 66.3 Å². The quantitative estimate of drug-likeness (QED) is 0.646. The lowest BCUT2D eigenvalue weighted by atomic mass is 9.69. The van der Waals surface area contributed by atoms with Gasteiger partial charge in [0.2, 0.25) is 5.91 Å². The molecule has 188 valence electrons. The van der Waals surface area contributed by atoms with Gasteiger partial charge >= 0.3 is 6.03 Å². The smallest absolute Gasteiger partial charge is 0.322 e. The second-order valence-corrected chi connectivity index (χ2v) is 13.2. The topological polar surface area (TPSA) is 86.8 Å². The van der Waals surface area contributed by atoms with E-state index in [1.807, 2.05) is 16.7 Å². The molecule has 1 aromatic rings. The fraction of sp³-hybridized carbons (Fsp3) is 0.680. The Kier molecular flexibility index (Phi) is 7.48. The van der Waals surface area contributed by atoms with E-state index in [0.29, 0.717) is 29.1 Å². The molecule has 1 N–H and O–H groups in total. The minimum atomic E-state index is -2.99. The number of nitrogens with zero attached hydrogens (tertiary/aromatic N) is 2. The van der Waals surface area contributed by atoms with E-state index >= 15 is 0 Å². The molecule has 1 heterocycles. The van der Waals surface area contributed by atoms with Crippen molar-refractivity contribution in [1.29, 1.82) is 0 Å². The van der Waals surface area contributed by atoms with Gasteiger partial charge in [0.25, 0.3) is 0 Å². The van der Waals surface area contributed by atoms with E-state index in [4.69, 9.17) is 11.6 Å². The number of urea groups is 1. The number of benzene rings is 1. The lowest BCUT2D eigenvalue weighted by Gasteiger charge is -2.54. The van der Waals surface area contributed by atoms with Gasteiger partial charge in [-0.2, -0.15) is 0 Å². The van der Waals surface area contributed by atoms with Crippen molar-refractivity contribution in [3.8, 4) is 0 Å². The number of halogens is 1. The van der Waals surface area contributed by atoms with Crippen molar-refractivity contribution >= 4 is 39.1 Å². The largest absolute Gasteiger partial charge is 0.333 e. The minimum absolute atomic E-state index is 0.0147. The first-order valence-corrected chi connectivity index (χ1v) is 14.7. The van der Waals surface area contributed by atoms with Gasteiger partial charge in [-0.15, -0.1) is 0 Å². The minimum Gasteiger partial charge on any atom is -0.333 e. The van der Waals surface area contributed by atoms with Gasteiger partial charge in [-0.3, -0.25) is 4.79 Å². The average molecular weight is 510 g/mol. The van der Waals surface area contributed by atoms with Gasteiger partial charge in [0, 0.05) is 36.5 Å². The normalized spacial score (nSPS) is 32.1. The number of sulfone groups is 1. The molecule has 2 aliphatic carbocycles. The molecular weight excluding hydrogens is 474 g/mol. The van der Waals surface area contributed by atoms with Crippen molar-refractivity contribution in [2.45, 2.75) is 82.2 Å². The van der Waals surface area contributed by atoms with Crippen molar-refractivity contribution < 1.29 is 18.0 Å². The summed E-state index contributed by atoms with van der Waals surface area (Å²) in [6.45, 7) is 4.13. The number of carbonyl (C=O) groups excluding carboxylic acids is 2. The molecule has 3 aliphatic rings. The summed E-state index contributed by atoms with van der Waals surface area (Å²) in [6, 6.07) is 6.86. The fourth-order valence-corrected chi connectivity index (χ4v) is 7.83. The van der Waals surface area contributed by atoms with Crippen LogP contribution in [-0.2, 0) is 14.6 Å². The highest BCUT2D eigenvalue weighted by molar-refractivity contribution is 7.91. The second kappa shape index (κ2) is 10.1. The number of hydrogen-bond donors (Lipinski definition) is 1. The molecule has 4 rings (SSSR count). The van der Waals surface area contributed by atoms with Gasteiger partial charge < -0.3 is 15.1 Å². The molecule has 4 atom stereocenters. The van der Waals surface area contributed by atoms with Crippen LogP contribution < -0.4 is 5.32 Å². The van der Waals surface area contributed by atoms with Crippen LogP contribution in [0.15, 0.2) is 24.3 Å². The molecule has 1 aromatic carbocycles. The Bertz CT molecular complexity index is 1010. The molecule has 3 amide bonds. The van der Waals surface area contributed by atoms with Gasteiger partial charge in [-0.25, -0.2) is 13.2 Å². The van der Waals surface area contributed by atoms with Crippen LogP contribution in [0.5, 0.6) is 0 Å². The zero-order valence-electron chi connectivity index (χ0n) is 20.2. The van der Waals surface area contributed by atoms with Crippen LogP contribution >= 0.6 is 11.6 Å². The van der Waals surface area contributed by atoms with Crippen molar-refractivity contribution in [1.82, 2.24) is 9.80 Å². The Morgan fingerprint density at radius 2 is 1.59 bits per heavy atom. The fourth-order valence-electron chi connectivity index (χ4n) is 6.58. The van der Waals surface area contributed by atoms with Crippen LogP contribution in [0.3, 0.4) is 0 Å². The van der Waals surface area contributed by atoms with Crippen LogP contribution in [0.1, 0.15) is 58.8 Å². The lowest BCUT2D eigenvalue weighted by molar-refractivity contribution is -0.141. The first-order chi connectivity index (χ1) is 16.0. The van der Waals surface area contributed by atoms with E-state index in [1.165, 1.54) is 6.26 Å². The number of carbonyl (C=O) groups is 2. The Balaban J connectivity index is 1.50. The Morgan fingerprint density at radius 3 is 2.18 bits per heavy atom. The van der Waals surface area contributed by atoms with Crippen LogP contribution in [0.25, 0.3) is 0 Å². The summed E-state index contributed by atoms with van der Waals surface area (Å²) in [5, 5.41) is 3.41. The van der Waals surface area contributed by atoms with Gasteiger partial charge in [-0.05, 0) is 88.0 Å². The summed E-state index contributed by atoms with van der Waals surface area (Å²) in [5.74, 6) is 0.979. The van der Waals surface area contributed by atoms with Gasteiger partial charge in [0.05, 0.1) is 17.3 Å². The monoisotopic (exact) mass is 509 g/mol. The standard InChI is InChI=1S/C25H36ClN3O4S/c1-16-15-28(25(31)27-21-9-7-20(26)8-10-21)24-14-19(6-13-23(24)29(16)17(2)30)18-4-11-22(12-5-18)34(3,32)33/h7-10,16,18-19,22-24H,4-6,11-15H2,1-3H3,(H,27,31)/t16-,18?,19?,22?,23?,24?/m0/s1. The first-order valence-electron chi connectivity index (χ1n) is 12.4. The highest BCUT2D eigenvalue weighted by atomic mass is 35.5. The maximum absolute atomic E-state index is 13.4. The molecule has 1 aliphatic heterocycles. The molecule has 2 saturated carbocycles. The molecule has 7 nitrogen and oxygen atoms in total. The SMILES string of the molecule is CC(=O)N1C2CCC(C3CCC(S(C)(=O)=O)CC3)CC2N(C(=O)Nc2ccc(Cl)cc2)C[C@@H]1C. The Labute approximate surface area is 208 Å². The van der Waals surface area contributed by atoms with Crippen molar-refractivity contribution in [2.24, 2.45) is 11.8 Å². The summed E-state index contributed by atoms with van der Waals surface area (Å²) >= 11 is 5.98. The predicted molar refractivity (Wildman–Crippen MR) is 135 cm³/mol. The van der Waals surface area contributed by atoms with E-state index < -0.39 is 9.84 Å². The third-order valence-electron chi connectivity index (χ3n) is 8.23. The molecule has 9 heteroatoms. The first kappa shape index (κ1) is 25.3. The summed E-state index contributed by atoms with van der Waals surface area (Å²) in [6.07, 6.45) is 7.38. The highest BCUT2D eigenvalue weighted by Gasteiger charge is 2.47. The number of piperazine rings is 1. The summed E-state index contributed by atoms with van der Waals surface area (Å²) < 4.78 is 24.0. The summed E-state index contributed by atoms with van der Waals surface area (Å²) in [4.78, 5) is 29.8. The van der Waals surface area contributed by atoms with Crippen molar-refractivity contribution in [3.63, 3.8) is 0 Å². The highest BCUT2D eigenvalue weighted by Crippen LogP contribution is 2.43. The Morgan fingerprint density at radius 1 is 0.971 bits per heavy atom. The van der Waals surface area contributed by atoms with E-state index in [-0.39, 0.29) is 35.3 Å². The second-order valence-electron chi connectivity index (χ2n) is 10.4. The number of anilines is 1. The number of amides is 3. The Hall–Kier alpha value is -1.80. The zero-order chi connectivity index (χ0) is 24.6. The maximum atomic E-state index is 13.4. The van der Waals surface area contributed by atoms with Crippen molar-refractivity contribution in [2.75, 3.05) is 18.1 Å². The molecule has 0 radical (unpaired) electrons. The maximum Gasteiger partial charge on any atom is 0.322 e. The van der Waals surface area contributed by atoms with Gasteiger partial charge in [0.15, 0.2) is 0 Å². The molecule has 3 unspecified atom stereocenters. The number of rotatable bonds is 3. The third kappa shape index (κ3) is 5.38. The molecule has 1 saturated heterocycles.